The molecule has 1 atom stereocenters. The van der Waals surface area contributed by atoms with Crippen LogP contribution in [-0.2, 0) is 9.59 Å². The van der Waals surface area contributed by atoms with E-state index in [4.69, 9.17) is 15.2 Å². The predicted molar refractivity (Wildman–Crippen MR) is 143 cm³/mol. The number of nitrogens with zero attached hydrogens (tertiary/aromatic N) is 2. The maximum atomic E-state index is 13.6. The monoisotopic (exact) mass is 552 g/mol. The number of phenols is 1. The molecule has 0 spiro atoms. The molecular formula is C27H25FN4O6S. The van der Waals surface area contributed by atoms with Crippen LogP contribution < -0.4 is 20.5 Å². The first-order valence-electron chi connectivity index (χ1n) is 11.8. The number of carbonyl (C=O) groups is 3. The lowest BCUT2D eigenvalue weighted by molar-refractivity contribution is -0.123. The highest BCUT2D eigenvalue weighted by molar-refractivity contribution is 8.14. The van der Waals surface area contributed by atoms with Crippen molar-refractivity contribution in [2.75, 3.05) is 20.3 Å². The summed E-state index contributed by atoms with van der Waals surface area (Å²) < 4.78 is 24.9. The van der Waals surface area contributed by atoms with Crippen LogP contribution in [-0.4, -0.2) is 53.1 Å². The van der Waals surface area contributed by atoms with Crippen molar-refractivity contribution in [3.8, 4) is 17.2 Å². The second-order valence-corrected chi connectivity index (χ2v) is 9.35. The number of primary amides is 1. The molecule has 1 aliphatic rings. The van der Waals surface area contributed by atoms with Crippen LogP contribution in [0.5, 0.6) is 17.2 Å². The van der Waals surface area contributed by atoms with Crippen molar-refractivity contribution in [2.45, 2.75) is 11.8 Å². The molecule has 0 radical (unpaired) electrons. The van der Waals surface area contributed by atoms with E-state index in [1.807, 2.05) is 0 Å². The smallest absolute Gasteiger partial charge is 0.279 e. The second kappa shape index (κ2) is 12.3. The van der Waals surface area contributed by atoms with Crippen molar-refractivity contribution >= 4 is 34.5 Å². The van der Waals surface area contributed by atoms with Gasteiger partial charge in [0, 0.05) is 24.1 Å². The molecule has 39 heavy (non-hydrogen) atoms. The number of thioether (sulfide) groups is 1. The Kier molecular flexibility index (Phi) is 8.67. The van der Waals surface area contributed by atoms with Crippen molar-refractivity contribution in [2.24, 2.45) is 10.8 Å². The van der Waals surface area contributed by atoms with E-state index in [-0.39, 0.29) is 42.4 Å². The zero-order chi connectivity index (χ0) is 27.9. The Morgan fingerprint density at radius 3 is 2.54 bits per heavy atom. The number of hydrogen-bond acceptors (Lipinski definition) is 8. The van der Waals surface area contributed by atoms with E-state index < -0.39 is 28.9 Å². The molecule has 1 heterocycles. The van der Waals surface area contributed by atoms with E-state index in [9.17, 15) is 23.9 Å². The zero-order valence-electron chi connectivity index (χ0n) is 20.8. The molecule has 1 unspecified atom stereocenters. The standard InChI is InChI=1S/C27H25FN4O6S/c1-37-24-19(6-4-8-21(24)38-15-23(35)30-14-13-22(29)34)27-32(26(36)18-5-2-3-7-20(18)33)31-25(39-27)16-9-11-17(28)12-10-16/h2-12,27,33H,13-15H2,1H3,(H2,29,34)(H,30,35). The van der Waals surface area contributed by atoms with E-state index >= 15 is 0 Å². The summed E-state index contributed by atoms with van der Waals surface area (Å²) in [6.07, 6.45) is 0.000665. The van der Waals surface area contributed by atoms with Crippen LogP contribution >= 0.6 is 11.8 Å². The van der Waals surface area contributed by atoms with E-state index in [1.54, 1.807) is 42.5 Å². The van der Waals surface area contributed by atoms with E-state index in [1.165, 1.54) is 48.1 Å². The number of halogens is 1. The molecule has 3 aromatic rings. The molecule has 3 amide bonds. The van der Waals surface area contributed by atoms with Crippen LogP contribution in [0.1, 0.15) is 33.3 Å². The lowest BCUT2D eigenvalue weighted by Crippen LogP contribution is -2.31. The van der Waals surface area contributed by atoms with Crippen LogP contribution in [0.3, 0.4) is 0 Å². The summed E-state index contributed by atoms with van der Waals surface area (Å²) in [6.45, 7) is -0.269. The number of rotatable bonds is 10. The number of carbonyl (C=O) groups excluding carboxylic acids is 3. The summed E-state index contributed by atoms with van der Waals surface area (Å²) >= 11 is 1.23. The van der Waals surface area contributed by atoms with Gasteiger partial charge < -0.3 is 25.6 Å². The topological polar surface area (TPSA) is 144 Å². The Morgan fingerprint density at radius 1 is 1.10 bits per heavy atom. The van der Waals surface area contributed by atoms with Gasteiger partial charge in [-0.1, -0.05) is 36.0 Å². The first-order chi connectivity index (χ1) is 18.8. The molecule has 0 saturated heterocycles. The maximum absolute atomic E-state index is 13.6. The Balaban J connectivity index is 1.64. The molecule has 12 heteroatoms. The van der Waals surface area contributed by atoms with E-state index in [0.717, 1.165) is 0 Å². The summed E-state index contributed by atoms with van der Waals surface area (Å²) in [6, 6.07) is 16.8. The summed E-state index contributed by atoms with van der Waals surface area (Å²) in [4.78, 5) is 36.6. The van der Waals surface area contributed by atoms with Crippen molar-refractivity contribution in [3.63, 3.8) is 0 Å². The predicted octanol–water partition coefficient (Wildman–Crippen LogP) is 3.16. The molecule has 4 rings (SSSR count). The SMILES string of the molecule is COc1c(OCC(=O)NCCC(N)=O)cccc1C1SC(c2ccc(F)cc2)=NN1C(=O)c1ccccc1O. The van der Waals surface area contributed by atoms with Crippen LogP contribution in [0.15, 0.2) is 71.8 Å². The molecule has 4 N–H and O–H groups in total. The molecule has 10 nitrogen and oxygen atoms in total. The number of benzene rings is 3. The van der Waals surface area contributed by atoms with E-state index in [0.29, 0.717) is 16.2 Å². The van der Waals surface area contributed by atoms with Crippen LogP contribution in [0.4, 0.5) is 4.39 Å². The Morgan fingerprint density at radius 2 is 1.85 bits per heavy atom. The Bertz CT molecular complexity index is 1420. The fourth-order valence-electron chi connectivity index (χ4n) is 3.75. The largest absolute Gasteiger partial charge is 0.507 e. The Hall–Kier alpha value is -4.58. The van der Waals surface area contributed by atoms with Crippen molar-refractivity contribution in [1.82, 2.24) is 10.3 Å². The Labute approximate surface area is 227 Å². The number of para-hydroxylation sites is 2. The lowest BCUT2D eigenvalue weighted by atomic mass is 10.1. The molecule has 0 aliphatic carbocycles. The molecule has 0 fully saturated rings. The minimum Gasteiger partial charge on any atom is -0.507 e. The third-order valence-electron chi connectivity index (χ3n) is 5.61. The number of phenolic OH excluding ortho intramolecular Hbond substituents is 1. The van der Waals surface area contributed by atoms with Gasteiger partial charge in [0.15, 0.2) is 18.1 Å². The number of hydrogen-bond donors (Lipinski definition) is 3. The zero-order valence-corrected chi connectivity index (χ0v) is 21.6. The van der Waals surface area contributed by atoms with Gasteiger partial charge in [0.25, 0.3) is 11.8 Å². The molecule has 1 aliphatic heterocycles. The summed E-state index contributed by atoms with van der Waals surface area (Å²) in [5.74, 6) is -1.67. The van der Waals surface area contributed by atoms with Crippen LogP contribution in [0, 0.1) is 5.82 Å². The third-order valence-corrected chi connectivity index (χ3v) is 6.83. The molecule has 0 saturated carbocycles. The summed E-state index contributed by atoms with van der Waals surface area (Å²) in [5.41, 5.74) is 6.24. The fraction of sp³-hybridized carbons (Fsp3) is 0.185. The first kappa shape index (κ1) is 27.5. The molecule has 202 valence electrons. The van der Waals surface area contributed by atoms with Gasteiger partial charge in [-0.15, -0.1) is 0 Å². The number of ether oxygens (including phenoxy) is 2. The molecule has 0 aromatic heterocycles. The number of nitrogens with one attached hydrogen (secondary N) is 1. The fourth-order valence-corrected chi connectivity index (χ4v) is 4.93. The minimum absolute atomic E-state index is 0.000665. The lowest BCUT2D eigenvalue weighted by Gasteiger charge is -2.24. The highest BCUT2D eigenvalue weighted by Crippen LogP contribution is 2.47. The van der Waals surface area contributed by atoms with Gasteiger partial charge in [-0.25, -0.2) is 9.40 Å². The number of nitrogens with two attached hydrogens (primary N) is 1. The molecule has 3 aromatic carbocycles. The van der Waals surface area contributed by atoms with Crippen molar-refractivity contribution < 1.29 is 33.4 Å². The third kappa shape index (κ3) is 6.47. The normalized spacial score (nSPS) is 14.5. The van der Waals surface area contributed by atoms with Crippen molar-refractivity contribution in [3.05, 3.63) is 89.2 Å². The second-order valence-electron chi connectivity index (χ2n) is 8.28. The van der Waals surface area contributed by atoms with Gasteiger partial charge in [0.1, 0.15) is 22.0 Å². The number of aromatic hydroxyl groups is 1. The highest BCUT2D eigenvalue weighted by atomic mass is 32.2. The van der Waals surface area contributed by atoms with Crippen LogP contribution in [0.2, 0.25) is 0 Å². The molecular weight excluding hydrogens is 527 g/mol. The summed E-state index contributed by atoms with van der Waals surface area (Å²) in [5, 5.41) is 18.3. The first-order valence-corrected chi connectivity index (χ1v) is 12.6. The quantitative estimate of drug-likeness (QED) is 0.351. The maximum Gasteiger partial charge on any atom is 0.279 e. The summed E-state index contributed by atoms with van der Waals surface area (Å²) in [7, 11) is 1.43. The average molecular weight is 553 g/mol. The van der Waals surface area contributed by atoms with Gasteiger partial charge in [0.05, 0.1) is 12.7 Å². The van der Waals surface area contributed by atoms with Gasteiger partial charge in [-0.05, 0) is 42.5 Å². The minimum atomic E-state index is -0.750. The average Bonchev–Trinajstić information content (AvgIpc) is 3.37. The number of hydrazone groups is 1. The van der Waals surface area contributed by atoms with Gasteiger partial charge >= 0.3 is 0 Å². The number of methoxy groups -OCH3 is 1. The molecule has 0 bridgehead atoms. The van der Waals surface area contributed by atoms with E-state index in [2.05, 4.69) is 10.4 Å². The van der Waals surface area contributed by atoms with Crippen molar-refractivity contribution in [1.29, 1.82) is 0 Å². The van der Waals surface area contributed by atoms with Gasteiger partial charge in [-0.3, -0.25) is 14.4 Å². The van der Waals surface area contributed by atoms with Crippen LogP contribution in [0.25, 0.3) is 0 Å². The van der Waals surface area contributed by atoms with Gasteiger partial charge in [-0.2, -0.15) is 5.10 Å². The highest BCUT2D eigenvalue weighted by Gasteiger charge is 2.37. The number of amides is 3. The van der Waals surface area contributed by atoms with Gasteiger partial charge in [0.2, 0.25) is 5.91 Å².